The van der Waals surface area contributed by atoms with Crippen LogP contribution in [0.25, 0.3) is 5.82 Å². The predicted molar refractivity (Wildman–Crippen MR) is 82.6 cm³/mol. The Labute approximate surface area is 140 Å². The lowest BCUT2D eigenvalue weighted by atomic mass is 10.2. The number of nitrogens with zero attached hydrogens (tertiary/aromatic N) is 5. The first-order valence-corrected chi connectivity index (χ1v) is 6.96. The first kappa shape index (κ1) is 16.2. The van der Waals surface area contributed by atoms with E-state index in [1.165, 1.54) is 12.4 Å². The highest BCUT2D eigenvalue weighted by atomic mass is 19.1. The lowest BCUT2D eigenvalue weighted by Gasteiger charge is -2.08. The average Bonchev–Trinajstić information content (AvgIpc) is 3.16. The van der Waals surface area contributed by atoms with Crippen molar-refractivity contribution in [2.45, 2.75) is 0 Å². The molecule has 3 heterocycles. The quantitative estimate of drug-likeness (QED) is 0.710. The molecule has 0 fully saturated rings. The van der Waals surface area contributed by atoms with Crippen LogP contribution in [0.5, 0.6) is 0 Å². The van der Waals surface area contributed by atoms with E-state index in [1.807, 2.05) is 0 Å². The molecule has 0 radical (unpaired) electrons. The van der Waals surface area contributed by atoms with Gasteiger partial charge in [-0.3, -0.25) is 9.36 Å². The number of hydrogen-bond donors (Lipinski definition) is 1. The molecule has 10 heteroatoms. The Bertz CT molecular complexity index is 912. The van der Waals surface area contributed by atoms with Crippen molar-refractivity contribution in [3.63, 3.8) is 0 Å². The maximum absolute atomic E-state index is 13.4. The van der Waals surface area contributed by atoms with Crippen molar-refractivity contribution < 1.29 is 18.7 Å². The summed E-state index contributed by atoms with van der Waals surface area (Å²) < 4.78 is 19.5. The Balaban J connectivity index is 1.83. The molecule has 25 heavy (non-hydrogen) atoms. The van der Waals surface area contributed by atoms with E-state index in [0.717, 1.165) is 19.4 Å². The minimum absolute atomic E-state index is 0.0241. The predicted octanol–water partition coefficient (Wildman–Crippen LogP) is 1.24. The summed E-state index contributed by atoms with van der Waals surface area (Å²) in [5, 5.41) is 10.1. The number of imidazole rings is 1. The lowest BCUT2D eigenvalue weighted by molar-refractivity contribution is 0.0595. The number of carbonyl (C=O) groups excluding carboxylic acids is 2. The molecule has 9 nitrogen and oxygen atoms in total. The van der Waals surface area contributed by atoms with E-state index in [-0.39, 0.29) is 17.1 Å². The Morgan fingerprint density at radius 3 is 2.76 bits per heavy atom. The second kappa shape index (κ2) is 6.83. The van der Waals surface area contributed by atoms with Crippen LogP contribution in [0, 0.1) is 5.82 Å². The minimum atomic E-state index is -0.808. The molecule has 0 aliphatic heterocycles. The van der Waals surface area contributed by atoms with Gasteiger partial charge in [0.2, 0.25) is 0 Å². The number of nitrogens with one attached hydrogen (secondary N) is 1. The normalized spacial score (nSPS) is 10.3. The summed E-state index contributed by atoms with van der Waals surface area (Å²) in [6, 6.07) is 3.96. The highest BCUT2D eigenvalue weighted by molar-refractivity contribution is 6.06. The van der Waals surface area contributed by atoms with E-state index in [9.17, 15) is 14.0 Å². The zero-order valence-electron chi connectivity index (χ0n) is 12.9. The highest BCUT2D eigenvalue weighted by Gasteiger charge is 2.18. The standard InChI is InChI=1S/C15H11FN6O3/c1-25-15(24)13-11(6-9(16)7-18-13)19-14(23)10-2-3-12(21-20-10)22-5-4-17-8-22/h2-8H,1H3,(H,19,23). The van der Waals surface area contributed by atoms with Gasteiger partial charge in [-0.1, -0.05) is 0 Å². The zero-order valence-corrected chi connectivity index (χ0v) is 12.9. The number of hydrogen-bond acceptors (Lipinski definition) is 7. The molecule has 0 unspecified atom stereocenters. The summed E-state index contributed by atoms with van der Waals surface area (Å²) in [6.45, 7) is 0. The maximum Gasteiger partial charge on any atom is 0.358 e. The fourth-order valence-electron chi connectivity index (χ4n) is 1.96. The van der Waals surface area contributed by atoms with E-state index >= 15 is 0 Å². The molecule has 1 N–H and O–H groups in total. The van der Waals surface area contributed by atoms with Gasteiger partial charge in [-0.05, 0) is 12.1 Å². The summed E-state index contributed by atoms with van der Waals surface area (Å²) in [4.78, 5) is 31.4. The van der Waals surface area contributed by atoms with E-state index in [1.54, 1.807) is 23.0 Å². The van der Waals surface area contributed by atoms with E-state index in [0.29, 0.717) is 5.82 Å². The van der Waals surface area contributed by atoms with Crippen LogP contribution in [0.2, 0.25) is 0 Å². The molecule has 0 aromatic carbocycles. The number of amides is 1. The van der Waals surface area contributed by atoms with Crippen molar-refractivity contribution in [2.24, 2.45) is 0 Å². The van der Waals surface area contributed by atoms with Crippen LogP contribution in [0.4, 0.5) is 10.1 Å². The molecule has 3 aromatic rings. The Morgan fingerprint density at radius 2 is 2.12 bits per heavy atom. The van der Waals surface area contributed by atoms with Crippen molar-refractivity contribution in [2.75, 3.05) is 12.4 Å². The molecular formula is C15H11FN6O3. The van der Waals surface area contributed by atoms with Crippen molar-refractivity contribution in [1.29, 1.82) is 0 Å². The number of rotatable bonds is 4. The van der Waals surface area contributed by atoms with Gasteiger partial charge >= 0.3 is 5.97 Å². The van der Waals surface area contributed by atoms with Gasteiger partial charge in [0.15, 0.2) is 17.2 Å². The van der Waals surface area contributed by atoms with Gasteiger partial charge in [0, 0.05) is 18.5 Å². The summed E-state index contributed by atoms with van der Waals surface area (Å²) >= 11 is 0. The molecule has 0 saturated carbocycles. The van der Waals surface area contributed by atoms with Gasteiger partial charge in [0.05, 0.1) is 19.0 Å². The molecule has 126 valence electrons. The third-order valence-electron chi connectivity index (χ3n) is 3.13. The first-order chi connectivity index (χ1) is 12.1. The molecule has 0 bridgehead atoms. The van der Waals surface area contributed by atoms with Crippen LogP contribution in [0.3, 0.4) is 0 Å². The van der Waals surface area contributed by atoms with Gasteiger partial charge < -0.3 is 10.1 Å². The Morgan fingerprint density at radius 1 is 1.28 bits per heavy atom. The van der Waals surface area contributed by atoms with Crippen LogP contribution in [-0.2, 0) is 4.74 Å². The second-order valence-corrected chi connectivity index (χ2v) is 4.74. The van der Waals surface area contributed by atoms with Crippen LogP contribution >= 0.6 is 0 Å². The molecule has 0 aliphatic carbocycles. The fourth-order valence-corrected chi connectivity index (χ4v) is 1.96. The van der Waals surface area contributed by atoms with E-state index < -0.39 is 17.7 Å². The van der Waals surface area contributed by atoms with Crippen LogP contribution < -0.4 is 5.32 Å². The number of halogens is 1. The van der Waals surface area contributed by atoms with Gasteiger partial charge in [-0.25, -0.2) is 19.2 Å². The van der Waals surface area contributed by atoms with Gasteiger partial charge in [-0.15, -0.1) is 10.2 Å². The fraction of sp³-hybridized carbons (Fsp3) is 0.0667. The summed E-state index contributed by atoms with van der Waals surface area (Å²) in [6.07, 6.45) is 5.63. The van der Waals surface area contributed by atoms with Crippen molar-refractivity contribution in [3.8, 4) is 5.82 Å². The zero-order chi connectivity index (χ0) is 17.8. The average molecular weight is 342 g/mol. The van der Waals surface area contributed by atoms with Crippen molar-refractivity contribution >= 4 is 17.6 Å². The van der Waals surface area contributed by atoms with E-state index in [2.05, 4.69) is 30.2 Å². The third-order valence-corrected chi connectivity index (χ3v) is 3.13. The maximum atomic E-state index is 13.4. The molecule has 0 spiro atoms. The topological polar surface area (TPSA) is 112 Å². The number of pyridine rings is 1. The number of anilines is 1. The smallest absolute Gasteiger partial charge is 0.358 e. The van der Waals surface area contributed by atoms with Crippen molar-refractivity contribution in [1.82, 2.24) is 24.7 Å². The molecule has 3 aromatic heterocycles. The number of methoxy groups -OCH3 is 1. The van der Waals surface area contributed by atoms with Crippen LogP contribution in [0.1, 0.15) is 21.0 Å². The second-order valence-electron chi connectivity index (χ2n) is 4.74. The van der Waals surface area contributed by atoms with Crippen LogP contribution in [-0.4, -0.2) is 43.7 Å². The first-order valence-electron chi connectivity index (χ1n) is 6.96. The van der Waals surface area contributed by atoms with Crippen LogP contribution in [0.15, 0.2) is 43.1 Å². The molecule has 1 amide bonds. The summed E-state index contributed by atoms with van der Waals surface area (Å²) in [7, 11) is 1.15. The van der Waals surface area contributed by atoms with Gasteiger partial charge in [-0.2, -0.15) is 0 Å². The molecule has 0 saturated heterocycles. The summed E-state index contributed by atoms with van der Waals surface area (Å²) in [5.74, 6) is -1.74. The van der Waals surface area contributed by atoms with Gasteiger partial charge in [0.25, 0.3) is 5.91 Å². The van der Waals surface area contributed by atoms with E-state index in [4.69, 9.17) is 0 Å². The van der Waals surface area contributed by atoms with Gasteiger partial charge in [0.1, 0.15) is 12.1 Å². The SMILES string of the molecule is COC(=O)c1ncc(F)cc1NC(=O)c1ccc(-n2ccnc2)nn1. The lowest BCUT2D eigenvalue weighted by Crippen LogP contribution is -2.18. The Hall–Kier alpha value is -3.69. The molecule has 3 rings (SSSR count). The highest BCUT2D eigenvalue weighted by Crippen LogP contribution is 2.16. The molecular weight excluding hydrogens is 331 g/mol. The third kappa shape index (κ3) is 3.47. The number of esters is 1. The molecule has 0 atom stereocenters. The minimum Gasteiger partial charge on any atom is -0.464 e. The number of ether oxygens (including phenoxy) is 1. The summed E-state index contributed by atoms with van der Waals surface area (Å²) in [5.41, 5.74) is -0.374. The Kier molecular flexibility index (Phi) is 4.42. The largest absolute Gasteiger partial charge is 0.464 e. The molecule has 0 aliphatic rings. The monoisotopic (exact) mass is 342 g/mol. The van der Waals surface area contributed by atoms with Crippen molar-refractivity contribution in [3.05, 3.63) is 60.3 Å². The number of aromatic nitrogens is 5. The number of carbonyl (C=O) groups is 2.